The van der Waals surface area contributed by atoms with Gasteiger partial charge in [0.05, 0.1) is 5.69 Å². The molecule has 92 valence electrons. The van der Waals surface area contributed by atoms with Crippen LogP contribution in [0.15, 0.2) is 40.3 Å². The van der Waals surface area contributed by atoms with E-state index in [-0.39, 0.29) is 18.0 Å². The van der Waals surface area contributed by atoms with Crippen molar-refractivity contribution in [2.24, 2.45) is 21.5 Å². The molecule has 0 unspecified atom stereocenters. The molecule has 0 atom stereocenters. The van der Waals surface area contributed by atoms with E-state index in [9.17, 15) is 0 Å². The van der Waals surface area contributed by atoms with Crippen LogP contribution >= 0.6 is 11.8 Å². The summed E-state index contributed by atoms with van der Waals surface area (Å²) in [5, 5.41) is 0. The quantitative estimate of drug-likeness (QED) is 0.478. The Morgan fingerprint density at radius 3 is 2.35 bits per heavy atom. The number of benzene rings is 1. The molecule has 0 saturated carbocycles. The van der Waals surface area contributed by atoms with Gasteiger partial charge in [-0.3, -0.25) is 0 Å². The maximum atomic E-state index is 6.00. The van der Waals surface area contributed by atoms with Crippen LogP contribution in [-0.2, 0) is 0 Å². The predicted octanol–water partition coefficient (Wildman–Crippen LogP) is 1.68. The second kappa shape index (κ2) is 6.10. The van der Waals surface area contributed by atoms with Crippen molar-refractivity contribution in [3.05, 3.63) is 30.3 Å². The number of nitrogens with zero attached hydrogens (tertiary/aromatic N) is 3. The zero-order valence-corrected chi connectivity index (χ0v) is 10.6. The van der Waals surface area contributed by atoms with Crippen molar-refractivity contribution in [3.8, 4) is 0 Å². The van der Waals surface area contributed by atoms with Crippen LogP contribution in [0.25, 0.3) is 0 Å². The second-order valence-electron chi connectivity index (χ2n) is 3.67. The lowest BCUT2D eigenvalue weighted by molar-refractivity contribution is 0.831. The molecule has 0 fully saturated rings. The van der Waals surface area contributed by atoms with Gasteiger partial charge in [0, 0.05) is 17.8 Å². The lowest BCUT2D eigenvalue weighted by Crippen LogP contribution is -2.32. The molecular formula is C11H16ClN5. The fraction of sp³-hybridized carbons (Fsp3) is 0.273. The fourth-order valence-electron chi connectivity index (χ4n) is 1.15. The summed E-state index contributed by atoms with van der Waals surface area (Å²) in [6.45, 7) is 3.79. The average Bonchev–Trinajstić information content (AvgIpc) is 2.28. The van der Waals surface area contributed by atoms with Gasteiger partial charge in [0.1, 0.15) is 0 Å². The molecule has 0 bridgehead atoms. The van der Waals surface area contributed by atoms with Crippen LogP contribution in [-0.4, -0.2) is 18.0 Å². The number of nitrogens with two attached hydrogens (primary N) is 2. The minimum Gasteiger partial charge on any atom is -0.368 e. The Hall–Kier alpha value is -1.75. The second-order valence-corrected chi connectivity index (χ2v) is 4.01. The van der Waals surface area contributed by atoms with Crippen molar-refractivity contribution >= 4 is 29.4 Å². The van der Waals surface area contributed by atoms with Crippen molar-refractivity contribution in [1.29, 1.82) is 0 Å². The summed E-state index contributed by atoms with van der Waals surface area (Å²) in [4.78, 5) is 7.94. The minimum absolute atomic E-state index is 0.0621. The number of guanidine groups is 2. The van der Waals surface area contributed by atoms with Crippen LogP contribution in [0, 0.1) is 0 Å². The molecule has 0 heterocycles. The topological polar surface area (TPSA) is 80.0 Å². The van der Waals surface area contributed by atoms with Gasteiger partial charge in [-0.25, -0.2) is 9.41 Å². The molecule has 0 saturated heterocycles. The van der Waals surface area contributed by atoms with Gasteiger partial charge in [-0.15, -0.1) is 0 Å². The van der Waals surface area contributed by atoms with Gasteiger partial charge in [-0.2, -0.15) is 4.99 Å². The summed E-state index contributed by atoms with van der Waals surface area (Å²) in [7, 11) is 0. The number of hydrogen-bond donors (Lipinski definition) is 2. The first-order chi connectivity index (χ1) is 8.00. The molecule has 0 aliphatic rings. The zero-order chi connectivity index (χ0) is 12.8. The van der Waals surface area contributed by atoms with Gasteiger partial charge in [0.2, 0.25) is 11.9 Å². The van der Waals surface area contributed by atoms with Crippen LogP contribution in [0.5, 0.6) is 0 Å². The standard InChI is InChI=1S/C11H16ClN5/c1-8(2)15-10(13)16-11(14)17(12)9-6-4-3-5-7-9/h3-8H,1-2H3,(H4,13,14,15,16). The van der Waals surface area contributed by atoms with E-state index in [4.69, 9.17) is 23.2 Å². The SMILES string of the molecule is CC(C)N=C(N)N=C(N)N(Cl)c1ccccc1. The van der Waals surface area contributed by atoms with Crippen LogP contribution in [0.3, 0.4) is 0 Å². The van der Waals surface area contributed by atoms with E-state index in [1.807, 2.05) is 44.2 Å². The Kier molecular flexibility index (Phi) is 4.78. The molecule has 1 aromatic carbocycles. The summed E-state index contributed by atoms with van der Waals surface area (Å²) in [6.07, 6.45) is 0. The Morgan fingerprint density at radius 2 is 1.82 bits per heavy atom. The fourth-order valence-corrected chi connectivity index (χ4v) is 1.30. The average molecular weight is 254 g/mol. The minimum atomic E-state index is 0.0621. The summed E-state index contributed by atoms with van der Waals surface area (Å²) >= 11 is 6.00. The number of hydrogen-bond acceptors (Lipinski definition) is 1. The Balaban J connectivity index is 2.83. The van der Waals surface area contributed by atoms with Crippen molar-refractivity contribution < 1.29 is 0 Å². The number of anilines is 1. The van der Waals surface area contributed by atoms with E-state index >= 15 is 0 Å². The third-order valence-electron chi connectivity index (χ3n) is 1.80. The molecule has 0 aliphatic carbocycles. The van der Waals surface area contributed by atoms with E-state index in [0.29, 0.717) is 5.69 Å². The molecule has 17 heavy (non-hydrogen) atoms. The van der Waals surface area contributed by atoms with E-state index < -0.39 is 0 Å². The zero-order valence-electron chi connectivity index (χ0n) is 9.84. The van der Waals surface area contributed by atoms with Crippen molar-refractivity contribution in [3.63, 3.8) is 0 Å². The van der Waals surface area contributed by atoms with Crippen LogP contribution < -0.4 is 15.9 Å². The number of rotatable bonds is 2. The Labute approximate surface area is 106 Å². The van der Waals surface area contributed by atoms with E-state index in [1.54, 1.807) is 0 Å². The molecule has 0 aliphatic heterocycles. The molecule has 4 N–H and O–H groups in total. The first-order valence-electron chi connectivity index (χ1n) is 5.19. The number of para-hydroxylation sites is 1. The van der Waals surface area contributed by atoms with Gasteiger partial charge in [0.15, 0.2) is 0 Å². The maximum absolute atomic E-state index is 6.00. The highest BCUT2D eigenvalue weighted by Crippen LogP contribution is 2.14. The van der Waals surface area contributed by atoms with Crippen molar-refractivity contribution in [2.75, 3.05) is 4.42 Å². The molecule has 6 heteroatoms. The van der Waals surface area contributed by atoms with Crippen LogP contribution in [0.1, 0.15) is 13.8 Å². The number of aliphatic imine (C=N–C) groups is 2. The van der Waals surface area contributed by atoms with Gasteiger partial charge >= 0.3 is 0 Å². The lowest BCUT2D eigenvalue weighted by atomic mass is 10.3. The summed E-state index contributed by atoms with van der Waals surface area (Å²) < 4.78 is 1.22. The largest absolute Gasteiger partial charge is 0.368 e. The Morgan fingerprint density at radius 1 is 1.24 bits per heavy atom. The maximum Gasteiger partial charge on any atom is 0.219 e. The highest BCUT2D eigenvalue weighted by molar-refractivity contribution is 6.37. The third-order valence-corrected chi connectivity index (χ3v) is 2.17. The molecule has 1 aromatic rings. The van der Waals surface area contributed by atoms with Gasteiger partial charge in [0.25, 0.3) is 0 Å². The summed E-state index contributed by atoms with van der Waals surface area (Å²) in [5.74, 6) is 0.193. The van der Waals surface area contributed by atoms with Gasteiger partial charge in [-0.05, 0) is 26.0 Å². The summed E-state index contributed by atoms with van der Waals surface area (Å²) in [6, 6.07) is 9.27. The van der Waals surface area contributed by atoms with Crippen LogP contribution in [0.4, 0.5) is 5.69 Å². The number of halogens is 1. The molecule has 0 radical (unpaired) electrons. The predicted molar refractivity (Wildman–Crippen MR) is 73.2 cm³/mol. The van der Waals surface area contributed by atoms with Gasteiger partial charge < -0.3 is 11.5 Å². The van der Waals surface area contributed by atoms with Crippen LogP contribution in [0.2, 0.25) is 0 Å². The van der Waals surface area contributed by atoms with Gasteiger partial charge in [-0.1, -0.05) is 18.2 Å². The molecule has 5 nitrogen and oxygen atoms in total. The van der Waals surface area contributed by atoms with Crippen molar-refractivity contribution in [2.45, 2.75) is 19.9 Å². The van der Waals surface area contributed by atoms with E-state index in [2.05, 4.69) is 9.98 Å². The first-order valence-corrected chi connectivity index (χ1v) is 5.53. The van der Waals surface area contributed by atoms with E-state index in [0.717, 1.165) is 0 Å². The van der Waals surface area contributed by atoms with Crippen molar-refractivity contribution in [1.82, 2.24) is 0 Å². The monoisotopic (exact) mass is 253 g/mol. The molecule has 1 rings (SSSR count). The molecule has 0 aromatic heterocycles. The molecule has 0 amide bonds. The smallest absolute Gasteiger partial charge is 0.219 e. The first kappa shape index (κ1) is 13.3. The molecular weight excluding hydrogens is 238 g/mol. The summed E-state index contributed by atoms with van der Waals surface area (Å²) in [5.41, 5.74) is 12.0. The highest BCUT2D eigenvalue weighted by Gasteiger charge is 2.07. The third kappa shape index (κ3) is 4.32. The Bertz CT molecular complexity index is 413. The molecule has 0 spiro atoms. The normalized spacial score (nSPS) is 12.9. The lowest BCUT2D eigenvalue weighted by Gasteiger charge is -2.14. The highest BCUT2D eigenvalue weighted by atomic mass is 35.5. The van der Waals surface area contributed by atoms with E-state index in [1.165, 1.54) is 4.42 Å².